The van der Waals surface area contributed by atoms with Crippen molar-refractivity contribution in [2.24, 2.45) is 25.6 Å². The molecule has 0 aliphatic heterocycles. The molecule has 292 valence electrons. The number of H-pyrrole nitrogens is 2. The number of carbonyl (C=O) groups excluding carboxylic acids is 2. The molecule has 0 bridgehead atoms. The fraction of sp³-hybridized carbons (Fsp3) is 0.143. The Labute approximate surface area is 337 Å². The third kappa shape index (κ3) is 7.91. The van der Waals surface area contributed by atoms with Gasteiger partial charge in [0.15, 0.2) is 23.1 Å². The third-order valence-corrected chi connectivity index (χ3v) is 9.38. The van der Waals surface area contributed by atoms with Crippen LogP contribution in [0.2, 0.25) is 0 Å². The highest BCUT2D eigenvalue weighted by Crippen LogP contribution is 2.40. The third-order valence-electron chi connectivity index (χ3n) is 8.89. The number of aryl methyl sites for hydroxylation is 2. The minimum atomic E-state index is -0.486. The Kier molecular flexibility index (Phi) is 12.1. The van der Waals surface area contributed by atoms with Crippen molar-refractivity contribution in [3.05, 3.63) is 113 Å². The zero-order valence-corrected chi connectivity index (χ0v) is 31.8. The second kappa shape index (κ2) is 16.8. The highest BCUT2D eigenvalue weighted by atomic mass is 79.9. The lowest BCUT2D eigenvalue weighted by Crippen LogP contribution is -2.10. The van der Waals surface area contributed by atoms with E-state index in [2.05, 4.69) is 52.6 Å². The number of halogens is 1. The zero-order valence-electron chi connectivity index (χ0n) is 30.2. The van der Waals surface area contributed by atoms with Gasteiger partial charge in [-0.3, -0.25) is 19.0 Å². The summed E-state index contributed by atoms with van der Waals surface area (Å²) in [7, 11) is 6.88. The van der Waals surface area contributed by atoms with E-state index in [4.69, 9.17) is 20.9 Å². The van der Waals surface area contributed by atoms with Crippen molar-refractivity contribution in [2.45, 2.75) is 14.9 Å². The van der Waals surface area contributed by atoms with E-state index in [0.29, 0.717) is 62.4 Å². The van der Waals surface area contributed by atoms with Crippen LogP contribution in [0.3, 0.4) is 0 Å². The van der Waals surface area contributed by atoms with Gasteiger partial charge in [-0.25, -0.2) is 9.97 Å². The van der Waals surface area contributed by atoms with E-state index in [1.54, 1.807) is 66.1 Å². The first-order valence-electron chi connectivity index (χ1n) is 16.8. The van der Waals surface area contributed by atoms with E-state index in [-0.39, 0.29) is 14.9 Å². The van der Waals surface area contributed by atoms with Crippen molar-refractivity contribution in [1.82, 2.24) is 39.5 Å². The molecule has 0 fully saturated rings. The van der Waals surface area contributed by atoms with Crippen molar-refractivity contribution in [3.8, 4) is 57.1 Å². The van der Waals surface area contributed by atoms with Gasteiger partial charge in [-0.2, -0.15) is 10.2 Å². The molecular formula is C42H43BrN10O4. The van der Waals surface area contributed by atoms with E-state index in [0.717, 1.165) is 37.9 Å². The highest BCUT2D eigenvalue weighted by Gasteiger charge is 2.24. The van der Waals surface area contributed by atoms with E-state index >= 15 is 0 Å². The first-order chi connectivity index (χ1) is 26.5. The lowest BCUT2D eigenvalue weighted by molar-refractivity contribution is 0.0992. The maximum absolute atomic E-state index is 11.4. The van der Waals surface area contributed by atoms with Gasteiger partial charge in [0, 0.05) is 40.8 Å². The van der Waals surface area contributed by atoms with Gasteiger partial charge in [0.05, 0.1) is 36.3 Å². The van der Waals surface area contributed by atoms with Crippen molar-refractivity contribution in [1.29, 1.82) is 0 Å². The van der Waals surface area contributed by atoms with Gasteiger partial charge in [-0.1, -0.05) is 73.8 Å². The minimum absolute atomic E-state index is 0. The molecule has 8 rings (SSSR count). The van der Waals surface area contributed by atoms with Crippen LogP contribution in [-0.2, 0) is 14.1 Å². The number of nitrogens with two attached hydrogens (primary N) is 2. The van der Waals surface area contributed by atoms with Crippen LogP contribution in [0, 0.1) is 0 Å². The maximum atomic E-state index is 11.4. The molecule has 0 aliphatic rings. The van der Waals surface area contributed by atoms with Gasteiger partial charge in [0.25, 0.3) is 0 Å². The summed E-state index contributed by atoms with van der Waals surface area (Å²) in [5.74, 6) is 1.45. The summed E-state index contributed by atoms with van der Waals surface area (Å²) in [4.78, 5) is 38.6. The maximum Gasteiger partial charge on any atom is 0.248 e. The average molecular weight is 832 g/mol. The number of rotatable bonds is 9. The van der Waals surface area contributed by atoms with Gasteiger partial charge in [0.1, 0.15) is 22.8 Å². The number of nitrogens with zero attached hydrogens (tertiary/aromatic N) is 6. The van der Waals surface area contributed by atoms with Crippen molar-refractivity contribution in [3.63, 3.8) is 0 Å². The number of nitrogens with one attached hydrogen (secondary N) is 2. The number of hydrogen-bond donors (Lipinski definition) is 4. The fourth-order valence-electron chi connectivity index (χ4n) is 6.29. The van der Waals surface area contributed by atoms with Gasteiger partial charge in [-0.15, -0.1) is 0 Å². The topological polar surface area (TPSA) is 198 Å². The number of fused-ring (bicyclic) bond motifs is 2. The predicted molar refractivity (Wildman–Crippen MR) is 229 cm³/mol. The van der Waals surface area contributed by atoms with Crippen LogP contribution in [0.4, 0.5) is 0 Å². The number of primary amides is 2. The van der Waals surface area contributed by atoms with Crippen LogP contribution >= 0.6 is 15.9 Å². The van der Waals surface area contributed by atoms with E-state index in [1.165, 1.54) is 0 Å². The quantitative estimate of drug-likeness (QED) is 0.112. The van der Waals surface area contributed by atoms with Crippen LogP contribution < -0.4 is 20.9 Å². The average Bonchev–Trinajstić information content (AvgIpc) is 3.96. The van der Waals surface area contributed by atoms with E-state index < -0.39 is 11.8 Å². The molecule has 0 saturated carbocycles. The molecule has 4 heterocycles. The van der Waals surface area contributed by atoms with E-state index in [9.17, 15) is 9.59 Å². The Morgan fingerprint density at radius 1 is 0.702 bits per heavy atom. The monoisotopic (exact) mass is 830 g/mol. The number of methoxy groups -OCH3 is 2. The molecular weight excluding hydrogens is 788 g/mol. The first-order valence-corrected chi connectivity index (χ1v) is 17.6. The number of amides is 2. The normalized spacial score (nSPS) is 10.6. The Hall–Kier alpha value is -7.00. The molecule has 0 spiro atoms. The summed E-state index contributed by atoms with van der Waals surface area (Å²) in [6.07, 6.45) is 1.79. The molecule has 8 aromatic rings. The molecule has 0 radical (unpaired) electrons. The van der Waals surface area contributed by atoms with Gasteiger partial charge in [-0.05, 0) is 60.2 Å². The second-order valence-corrected chi connectivity index (χ2v) is 13.3. The largest absolute Gasteiger partial charge is 0.492 e. The molecule has 0 aliphatic carbocycles. The molecule has 15 heteroatoms. The molecule has 2 amide bonds. The number of hydrogen-bond acceptors (Lipinski definition) is 8. The molecule has 0 atom stereocenters. The Morgan fingerprint density at radius 3 is 1.58 bits per heavy atom. The molecule has 4 aromatic heterocycles. The summed E-state index contributed by atoms with van der Waals surface area (Å²) >= 11 is 3.49. The van der Waals surface area contributed by atoms with Crippen LogP contribution in [0.1, 0.15) is 41.1 Å². The lowest BCUT2D eigenvalue weighted by Gasteiger charge is -2.04. The predicted octanol–water partition coefficient (Wildman–Crippen LogP) is 8.15. The van der Waals surface area contributed by atoms with Crippen LogP contribution in [-0.4, -0.2) is 65.5 Å². The van der Waals surface area contributed by atoms with Crippen LogP contribution in [0.5, 0.6) is 11.5 Å². The standard InChI is InChI=1S/C21H19N5O2.C19H16BrN5O2.2CH4/c1-4-12-6-5-7-13(10-12)17-19(28-3)18(26(2)25-17)21-23-15-9-8-14(20(22)27)11-16(15)24-21;1-25-16(17(27-2)15(24-25)10-4-3-5-12(20)8-10)19-22-13-7-6-11(18(21)26)9-14(13)23-19;;/h4-11H,1H2,2-3H3,(H2,22,27)(H,23,24);3-9H,1-2H3,(H2,21,26)(H,22,23);2*1H4. The van der Waals surface area contributed by atoms with Gasteiger partial charge < -0.3 is 30.9 Å². The molecule has 0 unspecified atom stereocenters. The van der Waals surface area contributed by atoms with Gasteiger partial charge in [0.2, 0.25) is 11.8 Å². The Morgan fingerprint density at radius 2 is 1.16 bits per heavy atom. The smallest absolute Gasteiger partial charge is 0.248 e. The van der Waals surface area contributed by atoms with Gasteiger partial charge >= 0.3 is 0 Å². The molecule has 14 nitrogen and oxygen atoms in total. The highest BCUT2D eigenvalue weighted by molar-refractivity contribution is 9.10. The zero-order chi connectivity index (χ0) is 39.0. The number of carbonyl (C=O) groups is 2. The molecule has 57 heavy (non-hydrogen) atoms. The van der Waals surface area contributed by atoms with E-state index in [1.807, 2.05) is 62.6 Å². The number of aromatic nitrogens is 8. The SMILES string of the molecule is C.C.C=Cc1cccc(-c2nn(C)c(-c3nc4ccc(C(N)=O)cc4[nH]3)c2OC)c1.COc1c(-c2cccc(Br)c2)nn(C)c1-c1nc2ccc(C(N)=O)cc2[nH]1. The van der Waals surface area contributed by atoms with Crippen molar-refractivity contribution < 1.29 is 19.1 Å². The summed E-state index contributed by atoms with van der Waals surface area (Å²) in [6.45, 7) is 3.82. The number of imidazole rings is 2. The molecule has 6 N–H and O–H groups in total. The van der Waals surface area contributed by atoms with Crippen molar-refractivity contribution in [2.75, 3.05) is 14.2 Å². The van der Waals surface area contributed by atoms with Crippen molar-refractivity contribution >= 4 is 55.9 Å². The lowest BCUT2D eigenvalue weighted by atomic mass is 10.1. The summed E-state index contributed by atoms with van der Waals surface area (Å²) in [5.41, 5.74) is 20.1. The minimum Gasteiger partial charge on any atom is -0.492 e. The summed E-state index contributed by atoms with van der Waals surface area (Å²) < 4.78 is 15.8. The van der Waals surface area contributed by atoms with Crippen LogP contribution in [0.15, 0.2) is 96.0 Å². The Balaban J connectivity index is 0.000000210. The number of benzene rings is 4. The number of aromatic amines is 2. The molecule has 4 aromatic carbocycles. The fourth-order valence-corrected chi connectivity index (χ4v) is 6.69. The van der Waals surface area contributed by atoms with Crippen LogP contribution in [0.25, 0.3) is 73.7 Å². The summed E-state index contributed by atoms with van der Waals surface area (Å²) in [6, 6.07) is 25.9. The first kappa shape index (κ1) is 41.2. The summed E-state index contributed by atoms with van der Waals surface area (Å²) in [5, 5.41) is 9.26. The molecule has 0 saturated heterocycles. The number of ether oxygens (including phenoxy) is 2. The Bertz CT molecular complexity index is 2780. The second-order valence-electron chi connectivity index (χ2n) is 12.4.